The number of carbonyl (C=O) groups excluding carboxylic acids is 1. The molecule has 0 aliphatic carbocycles. The Kier molecular flexibility index (Phi) is 6.49. The van der Waals surface area contributed by atoms with Gasteiger partial charge in [-0.2, -0.15) is 0 Å². The average Bonchev–Trinajstić information content (AvgIpc) is 3.13. The van der Waals surface area contributed by atoms with E-state index in [2.05, 4.69) is 4.90 Å². The number of fused-ring (bicyclic) bond motifs is 1. The minimum absolute atomic E-state index is 0.0626. The summed E-state index contributed by atoms with van der Waals surface area (Å²) in [5, 5.41) is 0.697. The highest BCUT2D eigenvalue weighted by Crippen LogP contribution is 2.32. The molecule has 0 unspecified atom stereocenters. The first-order valence-corrected chi connectivity index (χ1v) is 9.88. The van der Waals surface area contributed by atoms with Crippen molar-refractivity contribution in [1.82, 2.24) is 9.88 Å². The third-order valence-corrected chi connectivity index (χ3v) is 5.43. The lowest BCUT2D eigenvalue weighted by molar-refractivity contribution is 0.0986. The number of carbonyl (C=O) groups is 1. The first-order valence-electron chi connectivity index (χ1n) is 9.07. The number of amides is 1. The van der Waals surface area contributed by atoms with E-state index in [9.17, 15) is 4.79 Å². The molecular weight excluding hydrogens is 374 g/mol. The van der Waals surface area contributed by atoms with Crippen LogP contribution in [0, 0.1) is 0 Å². The molecule has 1 heterocycles. The summed E-state index contributed by atoms with van der Waals surface area (Å²) in [6, 6.07) is 12.9. The monoisotopic (exact) mass is 399 g/mol. The number of methoxy groups -OCH3 is 2. The van der Waals surface area contributed by atoms with Crippen LogP contribution in [0.1, 0.15) is 16.8 Å². The van der Waals surface area contributed by atoms with Crippen LogP contribution in [-0.4, -0.2) is 57.2 Å². The standard InChI is InChI=1S/C21H25N3O3S/c1-23(2)12-5-13-24(20(25)15-6-8-16(26-3)9-7-15)21-22-18-11-10-17(27-4)14-19(18)28-21/h6-11,14H,5,12-13H2,1-4H3. The summed E-state index contributed by atoms with van der Waals surface area (Å²) >= 11 is 1.50. The quantitative estimate of drug-likeness (QED) is 0.575. The van der Waals surface area contributed by atoms with Crippen molar-refractivity contribution in [2.75, 3.05) is 46.3 Å². The van der Waals surface area contributed by atoms with Gasteiger partial charge in [0.2, 0.25) is 0 Å². The molecule has 0 aliphatic heterocycles. The van der Waals surface area contributed by atoms with Gasteiger partial charge in [-0.25, -0.2) is 4.98 Å². The van der Waals surface area contributed by atoms with E-state index in [1.807, 2.05) is 32.3 Å². The molecule has 148 valence electrons. The number of nitrogens with zero attached hydrogens (tertiary/aromatic N) is 3. The van der Waals surface area contributed by atoms with Gasteiger partial charge in [0.1, 0.15) is 11.5 Å². The van der Waals surface area contributed by atoms with Gasteiger partial charge in [-0.05, 0) is 69.5 Å². The van der Waals surface area contributed by atoms with Crippen molar-refractivity contribution < 1.29 is 14.3 Å². The normalized spacial score (nSPS) is 11.0. The molecule has 0 aliphatic rings. The van der Waals surface area contributed by atoms with Crippen LogP contribution >= 0.6 is 11.3 Å². The van der Waals surface area contributed by atoms with Crippen LogP contribution < -0.4 is 14.4 Å². The van der Waals surface area contributed by atoms with Crippen LogP contribution in [-0.2, 0) is 0 Å². The van der Waals surface area contributed by atoms with Gasteiger partial charge in [0, 0.05) is 12.1 Å². The summed E-state index contributed by atoms with van der Waals surface area (Å²) in [4.78, 5) is 21.8. The highest BCUT2D eigenvalue weighted by molar-refractivity contribution is 7.22. The van der Waals surface area contributed by atoms with Crippen molar-refractivity contribution in [2.24, 2.45) is 0 Å². The van der Waals surface area contributed by atoms with Crippen molar-refractivity contribution >= 4 is 32.6 Å². The predicted molar refractivity (Wildman–Crippen MR) is 114 cm³/mol. The van der Waals surface area contributed by atoms with Crippen LogP contribution in [0.2, 0.25) is 0 Å². The lowest BCUT2D eigenvalue weighted by Crippen LogP contribution is -2.33. The fourth-order valence-corrected chi connectivity index (χ4v) is 3.87. The Hall–Kier alpha value is -2.64. The molecule has 0 spiro atoms. The maximum atomic E-state index is 13.2. The van der Waals surface area contributed by atoms with Crippen molar-refractivity contribution in [1.29, 1.82) is 0 Å². The highest BCUT2D eigenvalue weighted by Gasteiger charge is 2.21. The number of hydrogen-bond donors (Lipinski definition) is 0. The van der Waals surface area contributed by atoms with Gasteiger partial charge in [0.05, 0.1) is 24.4 Å². The van der Waals surface area contributed by atoms with Gasteiger partial charge in [-0.1, -0.05) is 11.3 Å². The molecule has 0 N–H and O–H groups in total. The molecule has 7 heteroatoms. The van der Waals surface area contributed by atoms with Crippen LogP contribution in [0.25, 0.3) is 10.2 Å². The van der Waals surface area contributed by atoms with Crippen molar-refractivity contribution in [3.05, 3.63) is 48.0 Å². The van der Waals surface area contributed by atoms with Crippen molar-refractivity contribution in [3.63, 3.8) is 0 Å². The SMILES string of the molecule is COc1ccc(C(=O)N(CCCN(C)C)c2nc3ccc(OC)cc3s2)cc1. The lowest BCUT2D eigenvalue weighted by Gasteiger charge is -2.21. The second-order valence-electron chi connectivity index (χ2n) is 6.67. The lowest BCUT2D eigenvalue weighted by atomic mass is 10.2. The van der Waals surface area contributed by atoms with Crippen LogP contribution in [0.15, 0.2) is 42.5 Å². The minimum atomic E-state index is -0.0626. The van der Waals surface area contributed by atoms with E-state index in [0.717, 1.165) is 34.7 Å². The Morgan fingerprint density at radius 2 is 1.68 bits per heavy atom. The Morgan fingerprint density at radius 1 is 1.00 bits per heavy atom. The van der Waals surface area contributed by atoms with Gasteiger partial charge in [0.25, 0.3) is 5.91 Å². The van der Waals surface area contributed by atoms with Gasteiger partial charge < -0.3 is 14.4 Å². The van der Waals surface area contributed by atoms with E-state index in [1.165, 1.54) is 11.3 Å². The summed E-state index contributed by atoms with van der Waals surface area (Å²) in [5.41, 5.74) is 1.48. The van der Waals surface area contributed by atoms with E-state index in [4.69, 9.17) is 14.5 Å². The molecule has 1 amide bonds. The largest absolute Gasteiger partial charge is 0.497 e. The first-order chi connectivity index (χ1) is 13.5. The summed E-state index contributed by atoms with van der Waals surface area (Å²) in [6.07, 6.45) is 0.855. The molecule has 0 saturated heterocycles. The molecule has 3 rings (SSSR count). The van der Waals surface area contributed by atoms with E-state index >= 15 is 0 Å². The Morgan fingerprint density at radius 3 is 2.32 bits per heavy atom. The minimum Gasteiger partial charge on any atom is -0.497 e. The zero-order valence-corrected chi connectivity index (χ0v) is 17.5. The zero-order valence-electron chi connectivity index (χ0n) is 16.6. The number of hydrogen-bond acceptors (Lipinski definition) is 6. The molecule has 3 aromatic rings. The summed E-state index contributed by atoms with van der Waals surface area (Å²) in [5.74, 6) is 1.44. The number of ether oxygens (including phenoxy) is 2. The maximum Gasteiger partial charge on any atom is 0.260 e. The molecular formula is C21H25N3O3S. The average molecular weight is 400 g/mol. The van der Waals surface area contributed by atoms with Crippen LogP contribution in [0.4, 0.5) is 5.13 Å². The van der Waals surface area contributed by atoms with Crippen molar-refractivity contribution in [2.45, 2.75) is 6.42 Å². The Bertz CT molecular complexity index is 938. The number of thiazole rings is 1. The van der Waals surface area contributed by atoms with E-state index in [-0.39, 0.29) is 5.91 Å². The van der Waals surface area contributed by atoms with E-state index in [1.54, 1.807) is 43.4 Å². The van der Waals surface area contributed by atoms with E-state index < -0.39 is 0 Å². The van der Waals surface area contributed by atoms with E-state index in [0.29, 0.717) is 17.2 Å². The smallest absolute Gasteiger partial charge is 0.260 e. The molecule has 6 nitrogen and oxygen atoms in total. The van der Waals surface area contributed by atoms with Crippen LogP contribution in [0.3, 0.4) is 0 Å². The van der Waals surface area contributed by atoms with Crippen molar-refractivity contribution in [3.8, 4) is 11.5 Å². The maximum absolute atomic E-state index is 13.2. The molecule has 0 radical (unpaired) electrons. The summed E-state index contributed by atoms with van der Waals surface area (Å²) in [7, 11) is 7.31. The molecule has 0 saturated carbocycles. The van der Waals surface area contributed by atoms with Gasteiger partial charge >= 0.3 is 0 Å². The molecule has 0 fully saturated rings. The van der Waals surface area contributed by atoms with Gasteiger partial charge in [-0.15, -0.1) is 0 Å². The third kappa shape index (κ3) is 4.61. The Balaban J connectivity index is 1.92. The number of aromatic nitrogens is 1. The summed E-state index contributed by atoms with van der Waals surface area (Å²) in [6.45, 7) is 1.49. The molecule has 0 bridgehead atoms. The van der Waals surface area contributed by atoms with Crippen LogP contribution in [0.5, 0.6) is 11.5 Å². The topological polar surface area (TPSA) is 54.9 Å². The number of anilines is 1. The number of rotatable bonds is 8. The highest BCUT2D eigenvalue weighted by atomic mass is 32.1. The third-order valence-electron chi connectivity index (χ3n) is 4.38. The molecule has 0 atom stereocenters. The fraction of sp³-hybridized carbons (Fsp3) is 0.333. The zero-order chi connectivity index (χ0) is 20.1. The van der Waals surface area contributed by atoms with Gasteiger partial charge in [0.15, 0.2) is 5.13 Å². The Labute approximate surface area is 169 Å². The first kappa shape index (κ1) is 20.1. The molecule has 28 heavy (non-hydrogen) atoms. The number of benzene rings is 2. The predicted octanol–water partition coefficient (Wildman–Crippen LogP) is 3.91. The fourth-order valence-electron chi connectivity index (χ4n) is 2.85. The second-order valence-corrected chi connectivity index (χ2v) is 7.68. The summed E-state index contributed by atoms with van der Waals surface area (Å²) < 4.78 is 11.5. The molecule has 2 aromatic carbocycles. The van der Waals surface area contributed by atoms with Gasteiger partial charge in [-0.3, -0.25) is 9.69 Å². The molecule has 1 aromatic heterocycles. The second kappa shape index (κ2) is 9.03.